The van der Waals surface area contributed by atoms with Crippen molar-refractivity contribution in [2.24, 2.45) is 0 Å². The first-order chi connectivity index (χ1) is 11.8. The number of pyridine rings is 1. The van der Waals surface area contributed by atoms with E-state index in [9.17, 15) is 0 Å². The van der Waals surface area contributed by atoms with Crippen LogP contribution in [0.2, 0.25) is 0 Å². The van der Waals surface area contributed by atoms with Gasteiger partial charge in [0.2, 0.25) is 4.96 Å². The van der Waals surface area contributed by atoms with Crippen LogP contribution in [0, 0.1) is 0 Å². The molecule has 0 spiro atoms. The van der Waals surface area contributed by atoms with Crippen molar-refractivity contribution in [1.82, 2.24) is 24.8 Å². The van der Waals surface area contributed by atoms with Crippen molar-refractivity contribution in [3.05, 3.63) is 42.7 Å². The van der Waals surface area contributed by atoms with Crippen molar-refractivity contribution >= 4 is 16.3 Å². The molecule has 0 atom stereocenters. The summed E-state index contributed by atoms with van der Waals surface area (Å²) in [5, 5.41) is 13.9. The van der Waals surface area contributed by atoms with Crippen LogP contribution < -0.4 is 9.47 Å². The predicted octanol–water partition coefficient (Wildman–Crippen LogP) is 2.93. The molecule has 0 unspecified atom stereocenters. The highest BCUT2D eigenvalue weighted by Gasteiger charge is 2.16. The lowest BCUT2D eigenvalue weighted by molar-refractivity contribution is 0.394. The molecule has 24 heavy (non-hydrogen) atoms. The Bertz CT molecular complexity index is 974. The Labute approximate surface area is 141 Å². The summed E-state index contributed by atoms with van der Waals surface area (Å²) in [5.41, 5.74) is 1.77. The lowest BCUT2D eigenvalue weighted by atomic mass is 10.2. The molecule has 0 fully saturated rings. The normalized spacial score (nSPS) is 10.9. The lowest BCUT2D eigenvalue weighted by Crippen LogP contribution is -1.94. The Morgan fingerprint density at radius 2 is 1.79 bits per heavy atom. The van der Waals surface area contributed by atoms with E-state index in [0.717, 1.165) is 16.1 Å². The van der Waals surface area contributed by atoms with Gasteiger partial charge in [-0.2, -0.15) is 9.61 Å². The molecule has 8 heteroatoms. The van der Waals surface area contributed by atoms with E-state index in [1.54, 1.807) is 31.1 Å². The molecule has 3 heterocycles. The van der Waals surface area contributed by atoms with E-state index < -0.39 is 0 Å². The third kappa shape index (κ3) is 2.46. The average Bonchev–Trinajstić information content (AvgIpc) is 3.22. The third-order valence-corrected chi connectivity index (χ3v) is 4.46. The van der Waals surface area contributed by atoms with Crippen LogP contribution in [0.25, 0.3) is 26.9 Å². The zero-order valence-electron chi connectivity index (χ0n) is 13.0. The second-order valence-corrected chi connectivity index (χ2v) is 5.92. The molecule has 4 aromatic rings. The summed E-state index contributed by atoms with van der Waals surface area (Å²) in [4.78, 5) is 4.84. The molecule has 0 aliphatic carbocycles. The molecule has 1 aromatic carbocycles. The van der Waals surface area contributed by atoms with Crippen molar-refractivity contribution in [1.29, 1.82) is 0 Å². The number of ether oxygens (including phenoxy) is 2. The molecule has 0 aliphatic heterocycles. The molecule has 7 nitrogen and oxygen atoms in total. The van der Waals surface area contributed by atoms with Gasteiger partial charge in [0.05, 0.1) is 14.2 Å². The van der Waals surface area contributed by atoms with Gasteiger partial charge in [0, 0.05) is 29.6 Å². The van der Waals surface area contributed by atoms with Crippen LogP contribution in [0.3, 0.4) is 0 Å². The average molecular weight is 339 g/mol. The molecule has 0 aliphatic rings. The molecule has 0 bridgehead atoms. The summed E-state index contributed by atoms with van der Waals surface area (Å²) in [6.07, 6.45) is 3.51. The number of rotatable bonds is 4. The zero-order chi connectivity index (χ0) is 16.5. The molecule has 4 rings (SSSR count). The topological polar surface area (TPSA) is 74.4 Å². The fraction of sp³-hybridized carbons (Fsp3) is 0.125. The van der Waals surface area contributed by atoms with Crippen LogP contribution in [0.4, 0.5) is 0 Å². The number of hydrogen-bond donors (Lipinski definition) is 0. The van der Waals surface area contributed by atoms with Crippen LogP contribution in [-0.4, -0.2) is 39.0 Å². The minimum Gasteiger partial charge on any atom is -0.497 e. The maximum absolute atomic E-state index is 5.32. The van der Waals surface area contributed by atoms with E-state index >= 15 is 0 Å². The minimum atomic E-state index is 0.633. The maximum atomic E-state index is 5.32. The molecule has 0 saturated heterocycles. The van der Waals surface area contributed by atoms with Gasteiger partial charge in [0.1, 0.15) is 16.5 Å². The number of nitrogens with zero attached hydrogens (tertiary/aromatic N) is 5. The molecule has 0 amide bonds. The first kappa shape index (κ1) is 14.6. The largest absolute Gasteiger partial charge is 0.497 e. The first-order valence-electron chi connectivity index (χ1n) is 7.14. The number of benzene rings is 1. The number of methoxy groups -OCH3 is 2. The smallest absolute Gasteiger partial charge is 0.235 e. The van der Waals surface area contributed by atoms with Crippen LogP contribution in [0.15, 0.2) is 42.7 Å². The van der Waals surface area contributed by atoms with E-state index in [1.165, 1.54) is 11.3 Å². The highest BCUT2D eigenvalue weighted by atomic mass is 32.1. The van der Waals surface area contributed by atoms with Crippen molar-refractivity contribution in [2.45, 2.75) is 0 Å². The van der Waals surface area contributed by atoms with Gasteiger partial charge in [0.25, 0.3) is 0 Å². The van der Waals surface area contributed by atoms with Crippen molar-refractivity contribution in [3.8, 4) is 33.5 Å². The Balaban J connectivity index is 1.85. The van der Waals surface area contributed by atoms with Crippen LogP contribution in [0.1, 0.15) is 0 Å². The van der Waals surface area contributed by atoms with Gasteiger partial charge < -0.3 is 9.47 Å². The zero-order valence-corrected chi connectivity index (χ0v) is 13.8. The van der Waals surface area contributed by atoms with E-state index in [2.05, 4.69) is 20.3 Å². The number of aromatic nitrogens is 5. The fourth-order valence-corrected chi connectivity index (χ4v) is 3.17. The summed E-state index contributed by atoms with van der Waals surface area (Å²) in [6.45, 7) is 0. The van der Waals surface area contributed by atoms with Gasteiger partial charge in [-0.3, -0.25) is 4.98 Å². The van der Waals surface area contributed by atoms with Crippen LogP contribution >= 0.6 is 11.3 Å². The molecular formula is C16H13N5O2S. The first-order valence-corrected chi connectivity index (χ1v) is 7.96. The summed E-state index contributed by atoms with van der Waals surface area (Å²) in [5.74, 6) is 2.00. The fourth-order valence-electron chi connectivity index (χ4n) is 2.34. The Morgan fingerprint density at radius 1 is 1.00 bits per heavy atom. The Kier molecular flexibility index (Phi) is 3.58. The van der Waals surface area contributed by atoms with Gasteiger partial charge in [-0.15, -0.1) is 10.2 Å². The number of fused-ring (bicyclic) bond motifs is 1. The summed E-state index contributed by atoms with van der Waals surface area (Å²) in [6, 6.07) is 9.41. The van der Waals surface area contributed by atoms with Gasteiger partial charge >= 0.3 is 0 Å². The predicted molar refractivity (Wildman–Crippen MR) is 90.4 cm³/mol. The highest BCUT2D eigenvalue weighted by molar-refractivity contribution is 7.19. The van der Waals surface area contributed by atoms with E-state index in [4.69, 9.17) is 9.47 Å². The summed E-state index contributed by atoms with van der Waals surface area (Å²) in [7, 11) is 3.22. The second kappa shape index (κ2) is 5.89. The SMILES string of the molecule is COc1cc(OC)cc(-c2nnc3sc(-c4cccnc4)nn23)c1. The standard InChI is InChI=1S/C16H13N5O2S/c1-22-12-6-11(7-13(8-12)23-2)14-18-19-16-21(14)20-15(24-16)10-4-3-5-17-9-10/h3-9H,1-2H3. The van der Waals surface area contributed by atoms with Gasteiger partial charge in [-0.05, 0) is 24.3 Å². The summed E-state index contributed by atoms with van der Waals surface area (Å²) >= 11 is 1.46. The van der Waals surface area contributed by atoms with Crippen molar-refractivity contribution in [2.75, 3.05) is 14.2 Å². The molecule has 0 saturated carbocycles. The third-order valence-electron chi connectivity index (χ3n) is 3.51. The maximum Gasteiger partial charge on any atom is 0.235 e. The van der Waals surface area contributed by atoms with Crippen molar-refractivity contribution in [3.63, 3.8) is 0 Å². The molecule has 0 radical (unpaired) electrons. The molecule has 0 N–H and O–H groups in total. The molecule has 3 aromatic heterocycles. The van der Waals surface area contributed by atoms with E-state index in [0.29, 0.717) is 22.3 Å². The lowest BCUT2D eigenvalue weighted by Gasteiger charge is -2.06. The Hall–Kier alpha value is -3.00. The van der Waals surface area contributed by atoms with E-state index in [-0.39, 0.29) is 0 Å². The van der Waals surface area contributed by atoms with Crippen molar-refractivity contribution < 1.29 is 9.47 Å². The second-order valence-electron chi connectivity index (χ2n) is 4.97. The highest BCUT2D eigenvalue weighted by Crippen LogP contribution is 2.31. The number of hydrogen-bond acceptors (Lipinski definition) is 7. The van der Waals surface area contributed by atoms with Crippen LogP contribution in [0.5, 0.6) is 11.5 Å². The van der Waals surface area contributed by atoms with Gasteiger partial charge in [0.15, 0.2) is 5.82 Å². The van der Waals surface area contributed by atoms with Gasteiger partial charge in [-0.25, -0.2) is 0 Å². The quantitative estimate of drug-likeness (QED) is 0.569. The molecule has 120 valence electrons. The minimum absolute atomic E-state index is 0.633. The monoisotopic (exact) mass is 339 g/mol. The molecular weight excluding hydrogens is 326 g/mol. The summed E-state index contributed by atoms with van der Waals surface area (Å²) < 4.78 is 12.4. The van der Waals surface area contributed by atoms with Gasteiger partial charge in [-0.1, -0.05) is 11.3 Å². The Morgan fingerprint density at radius 3 is 2.46 bits per heavy atom. The van der Waals surface area contributed by atoms with Crippen LogP contribution in [-0.2, 0) is 0 Å². The van der Waals surface area contributed by atoms with E-state index in [1.807, 2.05) is 30.3 Å².